The van der Waals surface area contributed by atoms with Gasteiger partial charge in [-0.05, 0) is 24.9 Å². The van der Waals surface area contributed by atoms with Crippen molar-refractivity contribution in [2.75, 3.05) is 33.9 Å². The normalized spacial score (nSPS) is 11.0. The maximum Gasteiger partial charge on any atom is 0.241 e. The molecule has 1 amide bonds. The number of aromatic nitrogens is 2. The predicted octanol–water partition coefficient (Wildman–Crippen LogP) is 1.38. The second kappa shape index (κ2) is 8.62. The van der Waals surface area contributed by atoms with Crippen molar-refractivity contribution in [1.82, 2.24) is 20.4 Å². The number of methoxy groups -OCH3 is 1. The lowest BCUT2D eigenvalue weighted by molar-refractivity contribution is -0.122. The van der Waals surface area contributed by atoms with E-state index in [4.69, 9.17) is 9.26 Å². The Balaban J connectivity index is 1.75. The molecule has 1 N–H and O–H groups in total. The zero-order chi connectivity index (χ0) is 15.8. The minimum atomic E-state index is -0.0309. The third kappa shape index (κ3) is 5.21. The molecule has 0 aliphatic rings. The molecule has 2 aromatic heterocycles. The van der Waals surface area contributed by atoms with Gasteiger partial charge in [-0.1, -0.05) is 11.2 Å². The summed E-state index contributed by atoms with van der Waals surface area (Å²) in [5.41, 5.74) is 0. The maximum atomic E-state index is 11.7. The first-order valence-electron chi connectivity index (χ1n) is 6.99. The van der Waals surface area contributed by atoms with Crippen LogP contribution in [0.15, 0.2) is 22.0 Å². The molecule has 0 aliphatic carbocycles. The smallest absolute Gasteiger partial charge is 0.241 e. The number of hydrogen-bond acceptors (Lipinski definition) is 7. The number of nitrogens with zero attached hydrogens (tertiary/aromatic N) is 3. The quantitative estimate of drug-likeness (QED) is 0.702. The molecule has 0 radical (unpaired) electrons. The highest BCUT2D eigenvalue weighted by molar-refractivity contribution is 7.13. The first-order valence-corrected chi connectivity index (χ1v) is 7.87. The summed E-state index contributed by atoms with van der Waals surface area (Å²) in [5.74, 6) is 1.05. The van der Waals surface area contributed by atoms with E-state index in [0.29, 0.717) is 31.4 Å². The molecule has 0 saturated carbocycles. The average Bonchev–Trinajstić information content (AvgIpc) is 3.14. The van der Waals surface area contributed by atoms with Gasteiger partial charge in [0.05, 0.1) is 18.0 Å². The van der Waals surface area contributed by atoms with Crippen LogP contribution in [0, 0.1) is 0 Å². The molecular formula is C14H20N4O3S. The number of carbonyl (C=O) groups is 1. The Labute approximate surface area is 133 Å². The molecule has 2 heterocycles. The third-order valence-corrected chi connectivity index (χ3v) is 3.74. The van der Waals surface area contributed by atoms with Gasteiger partial charge in [0.25, 0.3) is 0 Å². The van der Waals surface area contributed by atoms with Gasteiger partial charge in [-0.15, -0.1) is 11.3 Å². The molecule has 0 spiro atoms. The lowest BCUT2D eigenvalue weighted by Gasteiger charge is -2.13. The summed E-state index contributed by atoms with van der Waals surface area (Å²) >= 11 is 1.56. The summed E-state index contributed by atoms with van der Waals surface area (Å²) in [6.45, 7) is 1.97. The Morgan fingerprint density at radius 3 is 3.14 bits per heavy atom. The highest BCUT2D eigenvalue weighted by atomic mass is 32.1. The highest BCUT2D eigenvalue weighted by Gasteiger charge is 2.13. The molecule has 22 heavy (non-hydrogen) atoms. The second-order valence-electron chi connectivity index (χ2n) is 4.86. The van der Waals surface area contributed by atoms with Crippen LogP contribution in [0.5, 0.6) is 0 Å². The number of rotatable bonds is 9. The Morgan fingerprint density at radius 1 is 1.55 bits per heavy atom. The number of carbonyl (C=O) groups excluding carboxylic acids is 1. The van der Waals surface area contributed by atoms with Crippen LogP contribution in [0.1, 0.15) is 12.3 Å². The van der Waals surface area contributed by atoms with E-state index in [2.05, 4.69) is 15.5 Å². The molecular weight excluding hydrogens is 304 g/mol. The van der Waals surface area contributed by atoms with Crippen LogP contribution in [-0.2, 0) is 16.1 Å². The average molecular weight is 324 g/mol. The van der Waals surface area contributed by atoms with Crippen molar-refractivity contribution in [1.29, 1.82) is 0 Å². The summed E-state index contributed by atoms with van der Waals surface area (Å²) < 4.78 is 10.1. The van der Waals surface area contributed by atoms with Crippen LogP contribution in [0.4, 0.5) is 0 Å². The Hall–Kier alpha value is -1.77. The van der Waals surface area contributed by atoms with Crippen LogP contribution in [0.25, 0.3) is 10.7 Å². The molecule has 0 aliphatic heterocycles. The van der Waals surface area contributed by atoms with Crippen molar-refractivity contribution in [2.45, 2.75) is 13.0 Å². The predicted molar refractivity (Wildman–Crippen MR) is 83.4 cm³/mol. The molecule has 0 saturated heterocycles. The number of ether oxygens (including phenoxy) is 1. The van der Waals surface area contributed by atoms with Crippen molar-refractivity contribution in [3.05, 3.63) is 23.4 Å². The van der Waals surface area contributed by atoms with E-state index in [9.17, 15) is 4.79 Å². The molecule has 0 fully saturated rings. The fourth-order valence-corrected chi connectivity index (χ4v) is 2.51. The molecule has 0 bridgehead atoms. The van der Waals surface area contributed by atoms with E-state index in [-0.39, 0.29) is 12.5 Å². The van der Waals surface area contributed by atoms with Crippen molar-refractivity contribution >= 4 is 17.2 Å². The standard InChI is InChI=1S/C14H20N4O3S/c1-18(9-12(19)15-6-4-7-20-2)10-13-16-14(17-21-13)11-5-3-8-22-11/h3,5,8H,4,6-7,9-10H2,1-2H3,(H,15,19). The summed E-state index contributed by atoms with van der Waals surface area (Å²) in [6, 6.07) is 3.88. The lowest BCUT2D eigenvalue weighted by Crippen LogP contribution is -2.35. The third-order valence-electron chi connectivity index (χ3n) is 2.88. The van der Waals surface area contributed by atoms with Gasteiger partial charge in [0.15, 0.2) is 0 Å². The van der Waals surface area contributed by atoms with E-state index in [1.165, 1.54) is 0 Å². The zero-order valence-electron chi connectivity index (χ0n) is 12.7. The minimum absolute atomic E-state index is 0.0309. The Morgan fingerprint density at radius 2 is 2.41 bits per heavy atom. The summed E-state index contributed by atoms with van der Waals surface area (Å²) in [6.07, 6.45) is 0.805. The number of hydrogen-bond donors (Lipinski definition) is 1. The topological polar surface area (TPSA) is 80.5 Å². The summed E-state index contributed by atoms with van der Waals surface area (Å²) in [5, 5.41) is 8.74. The molecule has 8 heteroatoms. The van der Waals surface area contributed by atoms with E-state index in [1.807, 2.05) is 29.5 Å². The van der Waals surface area contributed by atoms with Crippen LogP contribution in [0.2, 0.25) is 0 Å². The zero-order valence-corrected chi connectivity index (χ0v) is 13.6. The number of likely N-dealkylation sites (N-methyl/N-ethyl adjacent to an activating group) is 1. The molecule has 120 valence electrons. The van der Waals surface area contributed by atoms with Gasteiger partial charge in [-0.2, -0.15) is 4.98 Å². The van der Waals surface area contributed by atoms with Crippen molar-refractivity contribution in [3.8, 4) is 10.7 Å². The molecule has 2 rings (SSSR count). The molecule has 0 atom stereocenters. The van der Waals surface area contributed by atoms with Gasteiger partial charge < -0.3 is 14.6 Å². The van der Waals surface area contributed by atoms with Crippen LogP contribution in [0.3, 0.4) is 0 Å². The van der Waals surface area contributed by atoms with Crippen molar-refractivity contribution in [3.63, 3.8) is 0 Å². The Kier molecular flexibility index (Phi) is 6.50. The van der Waals surface area contributed by atoms with Gasteiger partial charge in [0.1, 0.15) is 0 Å². The number of amides is 1. The lowest BCUT2D eigenvalue weighted by atomic mass is 10.4. The largest absolute Gasteiger partial charge is 0.385 e. The van der Waals surface area contributed by atoms with Gasteiger partial charge >= 0.3 is 0 Å². The van der Waals surface area contributed by atoms with Crippen LogP contribution < -0.4 is 5.32 Å². The molecule has 2 aromatic rings. The van der Waals surface area contributed by atoms with Crippen molar-refractivity contribution in [2.24, 2.45) is 0 Å². The van der Waals surface area contributed by atoms with Crippen LogP contribution >= 0.6 is 11.3 Å². The number of thiophene rings is 1. The highest BCUT2D eigenvalue weighted by Crippen LogP contribution is 2.21. The molecule has 0 unspecified atom stereocenters. The van der Waals surface area contributed by atoms with E-state index < -0.39 is 0 Å². The van der Waals surface area contributed by atoms with Gasteiger partial charge in [0, 0.05) is 20.3 Å². The van der Waals surface area contributed by atoms with Crippen LogP contribution in [-0.4, -0.2) is 54.8 Å². The van der Waals surface area contributed by atoms with E-state index in [1.54, 1.807) is 18.4 Å². The Bertz CT molecular complexity index is 570. The fourth-order valence-electron chi connectivity index (χ4n) is 1.86. The maximum absolute atomic E-state index is 11.7. The first-order chi connectivity index (χ1) is 10.7. The SMILES string of the molecule is COCCCNC(=O)CN(C)Cc1nc(-c2cccs2)no1. The summed E-state index contributed by atoms with van der Waals surface area (Å²) in [4.78, 5) is 18.9. The van der Waals surface area contributed by atoms with Crippen molar-refractivity contribution < 1.29 is 14.1 Å². The first kappa shape index (κ1) is 16.6. The molecule has 7 nitrogen and oxygen atoms in total. The summed E-state index contributed by atoms with van der Waals surface area (Å²) in [7, 11) is 3.48. The second-order valence-corrected chi connectivity index (χ2v) is 5.81. The van der Waals surface area contributed by atoms with Gasteiger partial charge in [-0.25, -0.2) is 0 Å². The van der Waals surface area contributed by atoms with E-state index >= 15 is 0 Å². The van der Waals surface area contributed by atoms with Gasteiger partial charge in [0.2, 0.25) is 17.6 Å². The number of nitrogens with one attached hydrogen (secondary N) is 1. The molecule has 0 aromatic carbocycles. The fraction of sp³-hybridized carbons (Fsp3) is 0.500. The minimum Gasteiger partial charge on any atom is -0.385 e. The van der Waals surface area contributed by atoms with Gasteiger partial charge in [-0.3, -0.25) is 9.69 Å². The monoisotopic (exact) mass is 324 g/mol. The van der Waals surface area contributed by atoms with E-state index in [0.717, 1.165) is 11.3 Å².